The van der Waals surface area contributed by atoms with Crippen molar-refractivity contribution in [3.05, 3.63) is 53.5 Å². The molecular formula is C22H25F3N6O. The third-order valence-electron chi connectivity index (χ3n) is 5.90. The number of fused-ring (bicyclic) bond motifs is 1. The number of piperazine rings is 1. The van der Waals surface area contributed by atoms with E-state index in [0.29, 0.717) is 32.7 Å². The number of imidazole rings is 1. The lowest BCUT2D eigenvalue weighted by atomic mass is 10.1. The van der Waals surface area contributed by atoms with Crippen LogP contribution in [0.25, 0.3) is 11.2 Å². The Morgan fingerprint density at radius 2 is 1.81 bits per heavy atom. The van der Waals surface area contributed by atoms with Gasteiger partial charge in [0.25, 0.3) is 0 Å². The van der Waals surface area contributed by atoms with E-state index in [1.807, 2.05) is 32.0 Å². The van der Waals surface area contributed by atoms with Crippen molar-refractivity contribution in [2.75, 3.05) is 38.0 Å². The number of hydrogen-bond acceptors (Lipinski definition) is 4. The highest BCUT2D eigenvalue weighted by molar-refractivity contribution is 5.90. The maximum absolute atomic E-state index is 13.4. The molecule has 3 heterocycles. The zero-order valence-corrected chi connectivity index (χ0v) is 18.0. The molecule has 3 aromatic rings. The van der Waals surface area contributed by atoms with E-state index in [9.17, 15) is 18.0 Å². The number of pyridine rings is 1. The molecule has 0 unspecified atom stereocenters. The largest absolute Gasteiger partial charge is 0.449 e. The van der Waals surface area contributed by atoms with Crippen molar-refractivity contribution >= 4 is 22.9 Å². The van der Waals surface area contributed by atoms with Gasteiger partial charge in [0.2, 0.25) is 5.82 Å². The normalized spacial score (nSPS) is 15.3. The molecule has 0 saturated carbocycles. The average molecular weight is 446 g/mol. The summed E-state index contributed by atoms with van der Waals surface area (Å²) in [5.41, 5.74) is 3.38. The van der Waals surface area contributed by atoms with Crippen LogP contribution >= 0.6 is 0 Å². The van der Waals surface area contributed by atoms with Gasteiger partial charge < -0.3 is 14.8 Å². The molecule has 0 radical (unpaired) electrons. The third kappa shape index (κ3) is 4.55. The van der Waals surface area contributed by atoms with E-state index < -0.39 is 12.0 Å². The average Bonchev–Trinajstić information content (AvgIpc) is 3.15. The van der Waals surface area contributed by atoms with Crippen molar-refractivity contribution < 1.29 is 18.0 Å². The Morgan fingerprint density at radius 3 is 2.53 bits per heavy atom. The fraction of sp³-hybridized carbons (Fsp3) is 0.409. The molecule has 170 valence electrons. The molecule has 1 aliphatic heterocycles. The maximum atomic E-state index is 13.4. The van der Waals surface area contributed by atoms with Crippen molar-refractivity contribution in [2.24, 2.45) is 0 Å². The van der Waals surface area contributed by atoms with Crippen molar-refractivity contribution in [3.63, 3.8) is 0 Å². The first-order valence-electron chi connectivity index (χ1n) is 10.5. The number of carbonyl (C=O) groups excluding carboxylic acids is 1. The summed E-state index contributed by atoms with van der Waals surface area (Å²) >= 11 is 0. The van der Waals surface area contributed by atoms with E-state index in [0.717, 1.165) is 21.4 Å². The second-order valence-electron chi connectivity index (χ2n) is 7.94. The molecule has 1 aromatic carbocycles. The first-order chi connectivity index (χ1) is 15.2. The Morgan fingerprint density at radius 1 is 1.06 bits per heavy atom. The minimum atomic E-state index is -4.55. The van der Waals surface area contributed by atoms with Crippen LogP contribution in [0.15, 0.2) is 36.5 Å². The first-order valence-corrected chi connectivity index (χ1v) is 10.5. The van der Waals surface area contributed by atoms with Crippen LogP contribution in [0.3, 0.4) is 0 Å². The molecule has 0 bridgehead atoms. The minimum Gasteiger partial charge on any atom is -0.322 e. The van der Waals surface area contributed by atoms with Gasteiger partial charge in [-0.05, 0) is 43.2 Å². The predicted octanol–water partition coefficient (Wildman–Crippen LogP) is 3.92. The van der Waals surface area contributed by atoms with Gasteiger partial charge >= 0.3 is 12.2 Å². The topological polar surface area (TPSA) is 66.3 Å². The summed E-state index contributed by atoms with van der Waals surface area (Å²) in [6.07, 6.45) is -3.08. The Labute approximate surface area is 183 Å². The zero-order valence-electron chi connectivity index (χ0n) is 18.0. The molecule has 7 nitrogen and oxygen atoms in total. The number of anilines is 1. The fourth-order valence-electron chi connectivity index (χ4n) is 3.88. The van der Waals surface area contributed by atoms with Crippen molar-refractivity contribution in [2.45, 2.75) is 26.6 Å². The summed E-state index contributed by atoms with van der Waals surface area (Å²) in [7, 11) is 0. The lowest BCUT2D eigenvalue weighted by Gasteiger charge is -2.35. The molecule has 2 aromatic heterocycles. The Hall–Kier alpha value is -3.14. The monoisotopic (exact) mass is 446 g/mol. The number of carbonyl (C=O) groups is 1. The fourth-order valence-corrected chi connectivity index (χ4v) is 3.88. The number of alkyl halides is 3. The van der Waals surface area contributed by atoms with E-state index in [-0.39, 0.29) is 23.7 Å². The van der Waals surface area contributed by atoms with Crippen LogP contribution < -0.4 is 5.32 Å². The van der Waals surface area contributed by atoms with Crippen LogP contribution in [0.1, 0.15) is 17.0 Å². The molecular weight excluding hydrogens is 421 g/mol. The van der Waals surface area contributed by atoms with Gasteiger partial charge in [0.05, 0.1) is 0 Å². The number of hydrogen-bond donors (Lipinski definition) is 1. The summed E-state index contributed by atoms with van der Waals surface area (Å²) in [5.74, 6) is -0.933. The molecule has 1 saturated heterocycles. The molecule has 1 aliphatic rings. The van der Waals surface area contributed by atoms with Crippen LogP contribution in [0.5, 0.6) is 0 Å². The van der Waals surface area contributed by atoms with Crippen molar-refractivity contribution in [1.29, 1.82) is 0 Å². The quantitative estimate of drug-likeness (QED) is 0.660. The number of amides is 2. The van der Waals surface area contributed by atoms with Crippen LogP contribution in [0.4, 0.5) is 23.7 Å². The highest BCUT2D eigenvalue weighted by atomic mass is 19.4. The summed E-state index contributed by atoms with van der Waals surface area (Å²) < 4.78 is 41.5. The number of rotatable bonds is 4. The second kappa shape index (κ2) is 8.78. The van der Waals surface area contributed by atoms with E-state index in [1.54, 1.807) is 11.0 Å². The lowest BCUT2D eigenvalue weighted by molar-refractivity contribution is -0.147. The van der Waals surface area contributed by atoms with Crippen LogP contribution in [0.2, 0.25) is 0 Å². The number of halogens is 3. The minimum absolute atomic E-state index is 0.122. The van der Waals surface area contributed by atoms with Gasteiger partial charge in [0, 0.05) is 51.2 Å². The Kier molecular flexibility index (Phi) is 6.05. The van der Waals surface area contributed by atoms with Gasteiger partial charge in [-0.15, -0.1) is 0 Å². The summed E-state index contributed by atoms with van der Waals surface area (Å²) in [6, 6.07) is 8.71. The maximum Gasteiger partial charge on any atom is 0.449 e. The Balaban J connectivity index is 1.36. The summed E-state index contributed by atoms with van der Waals surface area (Å²) in [5, 5.41) is 2.96. The van der Waals surface area contributed by atoms with Gasteiger partial charge in [-0.25, -0.2) is 14.8 Å². The van der Waals surface area contributed by atoms with Crippen LogP contribution in [-0.2, 0) is 12.7 Å². The number of urea groups is 1. The number of nitrogens with zero attached hydrogens (tertiary/aromatic N) is 5. The molecule has 2 amide bonds. The van der Waals surface area contributed by atoms with Gasteiger partial charge in [-0.3, -0.25) is 4.90 Å². The molecule has 10 heteroatoms. The second-order valence-corrected chi connectivity index (χ2v) is 7.94. The molecule has 0 spiro atoms. The number of benzene rings is 1. The van der Waals surface area contributed by atoms with Gasteiger partial charge in [0.1, 0.15) is 5.52 Å². The molecule has 1 N–H and O–H groups in total. The number of aromatic nitrogens is 3. The van der Waals surface area contributed by atoms with Crippen LogP contribution in [0, 0.1) is 13.8 Å². The van der Waals surface area contributed by atoms with Gasteiger partial charge in [0.15, 0.2) is 5.65 Å². The predicted molar refractivity (Wildman–Crippen MR) is 115 cm³/mol. The van der Waals surface area contributed by atoms with Crippen molar-refractivity contribution in [3.8, 4) is 0 Å². The van der Waals surface area contributed by atoms with Gasteiger partial charge in [-0.2, -0.15) is 13.2 Å². The molecule has 4 rings (SSSR count). The van der Waals surface area contributed by atoms with Gasteiger partial charge in [-0.1, -0.05) is 12.1 Å². The highest BCUT2D eigenvalue weighted by Crippen LogP contribution is 2.30. The molecule has 1 fully saturated rings. The SMILES string of the molecule is Cc1cccc(NC(=O)N2CCN(CCn3c(C(F)(F)F)nc4cccnc43)CC2)c1C. The molecule has 0 atom stereocenters. The smallest absolute Gasteiger partial charge is 0.322 e. The highest BCUT2D eigenvalue weighted by Gasteiger charge is 2.38. The van der Waals surface area contributed by atoms with E-state index in [4.69, 9.17) is 0 Å². The number of aryl methyl sites for hydroxylation is 1. The number of nitrogens with one attached hydrogen (secondary N) is 1. The van der Waals surface area contributed by atoms with E-state index in [1.165, 1.54) is 12.3 Å². The molecule has 32 heavy (non-hydrogen) atoms. The summed E-state index contributed by atoms with van der Waals surface area (Å²) in [6.45, 7) is 6.68. The summed E-state index contributed by atoms with van der Waals surface area (Å²) in [4.78, 5) is 24.2. The van der Waals surface area contributed by atoms with Crippen molar-refractivity contribution in [1.82, 2.24) is 24.3 Å². The zero-order chi connectivity index (χ0) is 22.9. The third-order valence-corrected chi connectivity index (χ3v) is 5.90. The van der Waals surface area contributed by atoms with Crippen LogP contribution in [-0.4, -0.2) is 63.1 Å². The molecule has 0 aliphatic carbocycles. The Bertz CT molecular complexity index is 1120. The van der Waals surface area contributed by atoms with E-state index in [2.05, 4.69) is 20.2 Å². The van der Waals surface area contributed by atoms with E-state index >= 15 is 0 Å². The lowest BCUT2D eigenvalue weighted by Crippen LogP contribution is -2.50. The standard InChI is InChI=1S/C22H25F3N6O/c1-15-5-3-6-17(16(15)2)28-21(32)30-12-9-29(10-13-30)11-14-31-19-18(7-4-8-26-19)27-20(31)22(23,24)25/h3-8H,9-14H2,1-2H3,(H,28,32). The first kappa shape index (κ1) is 22.1.